The number of benzene rings is 1. The van der Waals surface area contributed by atoms with Crippen molar-refractivity contribution in [2.24, 2.45) is 0 Å². The minimum atomic E-state index is -0.130. The van der Waals surface area contributed by atoms with Crippen LogP contribution in [-0.4, -0.2) is 18.8 Å². The van der Waals surface area contributed by atoms with Crippen molar-refractivity contribution in [3.8, 4) is 0 Å². The van der Waals surface area contributed by atoms with Crippen LogP contribution in [0.4, 0.5) is 0 Å². The van der Waals surface area contributed by atoms with Crippen molar-refractivity contribution in [2.75, 3.05) is 12.9 Å². The molecule has 2 nitrogen and oxygen atoms in total. The van der Waals surface area contributed by atoms with Crippen molar-refractivity contribution in [1.29, 1.82) is 0 Å². The van der Waals surface area contributed by atoms with Crippen LogP contribution in [0.5, 0.6) is 0 Å². The zero-order chi connectivity index (χ0) is 12.0. The van der Waals surface area contributed by atoms with Crippen molar-refractivity contribution >= 4 is 33.7 Å². The molecular formula is C12H15BrO2S. The molecule has 4 heteroatoms. The summed E-state index contributed by atoms with van der Waals surface area (Å²) < 4.78 is 5.96. The Morgan fingerprint density at radius 2 is 2.25 bits per heavy atom. The third-order valence-corrected chi connectivity index (χ3v) is 3.48. The number of esters is 1. The highest BCUT2D eigenvalue weighted by molar-refractivity contribution is 9.10. The number of carbonyl (C=O) groups is 1. The molecule has 88 valence electrons. The lowest BCUT2D eigenvalue weighted by Gasteiger charge is -2.07. The molecule has 0 atom stereocenters. The third-order valence-electron chi connectivity index (χ3n) is 2.15. The van der Waals surface area contributed by atoms with E-state index in [4.69, 9.17) is 4.74 Å². The van der Waals surface area contributed by atoms with Gasteiger partial charge in [-0.15, -0.1) is 11.8 Å². The van der Waals surface area contributed by atoms with Crippen LogP contribution in [0.15, 0.2) is 27.6 Å². The molecule has 1 aromatic carbocycles. The second-order valence-corrected chi connectivity index (χ2v) is 5.02. The van der Waals surface area contributed by atoms with E-state index in [1.54, 1.807) is 11.8 Å². The van der Waals surface area contributed by atoms with E-state index >= 15 is 0 Å². The van der Waals surface area contributed by atoms with Crippen molar-refractivity contribution < 1.29 is 9.53 Å². The van der Waals surface area contributed by atoms with Gasteiger partial charge in [0.2, 0.25) is 0 Å². The molecule has 1 aromatic rings. The Bertz CT molecular complexity index is 366. The SMILES string of the molecule is CCOC(=O)CCc1cc(Br)ccc1SC. The fourth-order valence-corrected chi connectivity index (χ4v) is 2.45. The zero-order valence-corrected chi connectivity index (χ0v) is 11.9. The first-order valence-corrected chi connectivity index (χ1v) is 7.17. The van der Waals surface area contributed by atoms with E-state index < -0.39 is 0 Å². The fraction of sp³-hybridized carbons (Fsp3) is 0.417. The Kier molecular flexibility index (Phi) is 5.91. The maximum Gasteiger partial charge on any atom is 0.306 e. The van der Waals surface area contributed by atoms with Gasteiger partial charge in [-0.25, -0.2) is 0 Å². The van der Waals surface area contributed by atoms with Crippen molar-refractivity contribution in [3.05, 3.63) is 28.2 Å². The van der Waals surface area contributed by atoms with Gasteiger partial charge in [-0.05, 0) is 43.4 Å². The summed E-state index contributed by atoms with van der Waals surface area (Å²) in [6, 6.07) is 6.14. The van der Waals surface area contributed by atoms with E-state index in [0.717, 1.165) is 10.9 Å². The number of thioether (sulfide) groups is 1. The summed E-state index contributed by atoms with van der Waals surface area (Å²) in [5.74, 6) is -0.130. The van der Waals surface area contributed by atoms with E-state index in [-0.39, 0.29) is 5.97 Å². The monoisotopic (exact) mass is 302 g/mol. The van der Waals surface area contributed by atoms with Gasteiger partial charge >= 0.3 is 5.97 Å². The fourth-order valence-electron chi connectivity index (χ4n) is 1.41. The van der Waals surface area contributed by atoms with Crippen LogP contribution in [0.25, 0.3) is 0 Å². The number of ether oxygens (including phenoxy) is 1. The molecule has 0 bridgehead atoms. The van der Waals surface area contributed by atoms with Crippen LogP contribution < -0.4 is 0 Å². The maximum absolute atomic E-state index is 11.3. The summed E-state index contributed by atoms with van der Waals surface area (Å²) >= 11 is 5.13. The predicted molar refractivity (Wildman–Crippen MR) is 70.9 cm³/mol. The molecule has 0 radical (unpaired) electrons. The molecule has 1 rings (SSSR count). The first-order valence-electron chi connectivity index (χ1n) is 5.15. The van der Waals surface area contributed by atoms with Gasteiger partial charge in [-0.3, -0.25) is 4.79 Å². The lowest BCUT2D eigenvalue weighted by atomic mass is 10.1. The largest absolute Gasteiger partial charge is 0.466 e. The smallest absolute Gasteiger partial charge is 0.306 e. The van der Waals surface area contributed by atoms with Gasteiger partial charge in [0, 0.05) is 15.8 Å². The van der Waals surface area contributed by atoms with Crippen LogP contribution in [0.3, 0.4) is 0 Å². The Balaban J connectivity index is 2.65. The molecule has 0 saturated heterocycles. The normalized spacial score (nSPS) is 10.2. The van der Waals surface area contributed by atoms with E-state index in [2.05, 4.69) is 28.1 Å². The maximum atomic E-state index is 11.3. The highest BCUT2D eigenvalue weighted by Crippen LogP contribution is 2.25. The molecule has 0 unspecified atom stereocenters. The number of halogens is 1. The number of aryl methyl sites for hydroxylation is 1. The lowest BCUT2D eigenvalue weighted by molar-refractivity contribution is -0.143. The van der Waals surface area contributed by atoms with E-state index in [0.29, 0.717) is 13.0 Å². The molecule has 0 aliphatic heterocycles. The summed E-state index contributed by atoms with van der Waals surface area (Å²) in [4.78, 5) is 12.5. The zero-order valence-electron chi connectivity index (χ0n) is 9.46. The van der Waals surface area contributed by atoms with Crippen molar-refractivity contribution in [3.63, 3.8) is 0 Å². The number of hydrogen-bond acceptors (Lipinski definition) is 3. The molecule has 0 N–H and O–H groups in total. The van der Waals surface area contributed by atoms with Gasteiger partial charge in [0.15, 0.2) is 0 Å². The van der Waals surface area contributed by atoms with Crippen LogP contribution >= 0.6 is 27.7 Å². The van der Waals surface area contributed by atoms with Crippen LogP contribution in [0.2, 0.25) is 0 Å². The molecule has 0 amide bonds. The summed E-state index contributed by atoms with van der Waals surface area (Å²) in [6.07, 6.45) is 3.21. The molecule has 0 aliphatic carbocycles. The van der Waals surface area contributed by atoms with Crippen molar-refractivity contribution in [1.82, 2.24) is 0 Å². The van der Waals surface area contributed by atoms with Crippen LogP contribution in [-0.2, 0) is 16.0 Å². The molecule has 0 spiro atoms. The topological polar surface area (TPSA) is 26.3 Å². The average molecular weight is 303 g/mol. The van der Waals surface area contributed by atoms with E-state index in [1.165, 1.54) is 10.5 Å². The van der Waals surface area contributed by atoms with E-state index in [9.17, 15) is 4.79 Å². The molecular weight excluding hydrogens is 288 g/mol. The Morgan fingerprint density at radius 1 is 1.50 bits per heavy atom. The number of carbonyl (C=O) groups excluding carboxylic acids is 1. The van der Waals surface area contributed by atoms with Gasteiger partial charge in [-0.1, -0.05) is 15.9 Å². The van der Waals surface area contributed by atoms with Gasteiger partial charge in [0.1, 0.15) is 0 Å². The number of rotatable bonds is 5. The Hall–Kier alpha value is -0.480. The first-order chi connectivity index (χ1) is 7.67. The van der Waals surface area contributed by atoms with Gasteiger partial charge in [0.05, 0.1) is 6.61 Å². The van der Waals surface area contributed by atoms with Crippen molar-refractivity contribution in [2.45, 2.75) is 24.7 Å². The van der Waals surface area contributed by atoms with Gasteiger partial charge in [0.25, 0.3) is 0 Å². The van der Waals surface area contributed by atoms with Crippen LogP contribution in [0.1, 0.15) is 18.9 Å². The molecule has 0 saturated carbocycles. The second kappa shape index (κ2) is 6.97. The van der Waals surface area contributed by atoms with E-state index in [1.807, 2.05) is 19.2 Å². The third kappa shape index (κ3) is 4.18. The first kappa shape index (κ1) is 13.6. The summed E-state index contributed by atoms with van der Waals surface area (Å²) in [5, 5.41) is 0. The highest BCUT2D eigenvalue weighted by Gasteiger charge is 2.06. The summed E-state index contributed by atoms with van der Waals surface area (Å²) in [7, 11) is 0. The Morgan fingerprint density at radius 3 is 2.88 bits per heavy atom. The molecule has 16 heavy (non-hydrogen) atoms. The summed E-state index contributed by atoms with van der Waals surface area (Å²) in [5.41, 5.74) is 1.19. The quantitative estimate of drug-likeness (QED) is 0.613. The molecule has 0 heterocycles. The minimum absolute atomic E-state index is 0.130. The summed E-state index contributed by atoms with van der Waals surface area (Å²) in [6.45, 7) is 2.27. The Labute approximate surface area is 109 Å². The van der Waals surface area contributed by atoms with Gasteiger partial charge in [-0.2, -0.15) is 0 Å². The second-order valence-electron chi connectivity index (χ2n) is 3.26. The standard InChI is InChI=1S/C12H15BrO2S/c1-3-15-12(14)7-4-9-8-10(13)5-6-11(9)16-2/h5-6,8H,3-4,7H2,1-2H3. The van der Waals surface area contributed by atoms with Gasteiger partial charge < -0.3 is 4.74 Å². The average Bonchev–Trinajstić information content (AvgIpc) is 2.27. The molecule has 0 fully saturated rings. The molecule has 0 aliphatic rings. The van der Waals surface area contributed by atoms with Crippen LogP contribution in [0, 0.1) is 0 Å². The number of hydrogen-bond donors (Lipinski definition) is 0. The highest BCUT2D eigenvalue weighted by atomic mass is 79.9. The predicted octanol–water partition coefficient (Wildman–Crippen LogP) is 3.67. The lowest BCUT2D eigenvalue weighted by Crippen LogP contribution is -2.05. The minimum Gasteiger partial charge on any atom is -0.466 e. The molecule has 0 aromatic heterocycles.